The first-order valence-electron chi connectivity index (χ1n) is 6.09. The van der Waals surface area contributed by atoms with Crippen LogP contribution in [0.1, 0.15) is 56.5 Å². The van der Waals surface area contributed by atoms with E-state index < -0.39 is 0 Å². The Labute approximate surface area is 91.2 Å². The molecule has 0 bridgehead atoms. The summed E-state index contributed by atoms with van der Waals surface area (Å²) in [4.78, 5) is 0. The molecule has 1 atom stereocenters. The van der Waals surface area contributed by atoms with E-state index in [9.17, 15) is 0 Å². The van der Waals surface area contributed by atoms with Gasteiger partial charge in [0.2, 0.25) is 0 Å². The quantitative estimate of drug-likeness (QED) is 0.830. The van der Waals surface area contributed by atoms with Gasteiger partial charge in [0.25, 0.3) is 0 Å². The van der Waals surface area contributed by atoms with Gasteiger partial charge in [0, 0.05) is 12.5 Å². The lowest BCUT2D eigenvalue weighted by molar-refractivity contribution is 0.364. The maximum Gasteiger partial charge on any atom is 0.137 e. The Morgan fingerprint density at radius 3 is 3.27 bits per heavy atom. The molecular formula is C12H20N2O. The van der Waals surface area contributed by atoms with E-state index in [0.29, 0.717) is 6.04 Å². The van der Waals surface area contributed by atoms with Crippen molar-refractivity contribution in [3.63, 3.8) is 0 Å². The molecule has 1 aromatic rings. The first-order chi connectivity index (χ1) is 7.40. The molecule has 0 unspecified atom stereocenters. The number of hydrogen-bond acceptors (Lipinski definition) is 3. The molecule has 3 nitrogen and oxygen atoms in total. The largest absolute Gasteiger partial charge is 0.361 e. The Hall–Kier alpha value is -0.830. The molecule has 2 rings (SSSR count). The smallest absolute Gasteiger partial charge is 0.137 e. The lowest BCUT2D eigenvalue weighted by Crippen LogP contribution is -2.20. The molecule has 1 fully saturated rings. The summed E-state index contributed by atoms with van der Waals surface area (Å²) in [6.45, 7) is 3.27. The molecule has 84 valence electrons. The standard InChI is InChI=1S/C12H20N2O/c1-2-6-10-9-12(14-15-10)11-7-4-3-5-8-13-11/h9,11,13H,2-8H2,1H3/t11-/m1/s1. The van der Waals surface area contributed by atoms with E-state index >= 15 is 0 Å². The number of aryl methyl sites for hydroxylation is 1. The normalized spacial score (nSPS) is 22.6. The summed E-state index contributed by atoms with van der Waals surface area (Å²) in [6.07, 6.45) is 7.23. The first-order valence-corrected chi connectivity index (χ1v) is 6.09. The molecule has 1 aliphatic rings. The van der Waals surface area contributed by atoms with Gasteiger partial charge in [0.05, 0.1) is 6.04 Å². The predicted molar refractivity (Wildman–Crippen MR) is 59.7 cm³/mol. The second-order valence-corrected chi connectivity index (χ2v) is 4.32. The minimum atomic E-state index is 0.418. The molecule has 2 heterocycles. The molecule has 0 radical (unpaired) electrons. The highest BCUT2D eigenvalue weighted by Crippen LogP contribution is 2.22. The van der Waals surface area contributed by atoms with Crippen molar-refractivity contribution in [2.75, 3.05) is 6.54 Å². The summed E-state index contributed by atoms with van der Waals surface area (Å²) in [5, 5.41) is 7.69. The second kappa shape index (κ2) is 5.31. The minimum absolute atomic E-state index is 0.418. The average Bonchev–Trinajstić information content (AvgIpc) is 2.53. The highest BCUT2D eigenvalue weighted by molar-refractivity contribution is 5.10. The zero-order valence-electron chi connectivity index (χ0n) is 9.46. The van der Waals surface area contributed by atoms with Crippen LogP contribution >= 0.6 is 0 Å². The fourth-order valence-electron chi connectivity index (χ4n) is 2.14. The van der Waals surface area contributed by atoms with Crippen molar-refractivity contribution >= 4 is 0 Å². The molecule has 0 spiro atoms. The van der Waals surface area contributed by atoms with Gasteiger partial charge in [-0.05, 0) is 25.8 Å². The molecule has 1 aromatic heterocycles. The van der Waals surface area contributed by atoms with E-state index in [-0.39, 0.29) is 0 Å². The summed E-state index contributed by atoms with van der Waals surface area (Å²) in [5.74, 6) is 1.03. The van der Waals surface area contributed by atoms with Gasteiger partial charge in [0.15, 0.2) is 0 Å². The zero-order valence-corrected chi connectivity index (χ0v) is 9.46. The van der Waals surface area contributed by atoms with Crippen molar-refractivity contribution in [3.05, 3.63) is 17.5 Å². The van der Waals surface area contributed by atoms with E-state index in [0.717, 1.165) is 30.8 Å². The van der Waals surface area contributed by atoms with Crippen molar-refractivity contribution in [3.8, 4) is 0 Å². The van der Waals surface area contributed by atoms with Crippen LogP contribution in [-0.2, 0) is 6.42 Å². The van der Waals surface area contributed by atoms with Crippen LogP contribution in [0.25, 0.3) is 0 Å². The minimum Gasteiger partial charge on any atom is -0.361 e. The van der Waals surface area contributed by atoms with Gasteiger partial charge in [-0.3, -0.25) is 0 Å². The van der Waals surface area contributed by atoms with Gasteiger partial charge in [-0.15, -0.1) is 0 Å². The number of rotatable bonds is 3. The monoisotopic (exact) mass is 208 g/mol. The molecule has 0 amide bonds. The second-order valence-electron chi connectivity index (χ2n) is 4.32. The zero-order chi connectivity index (χ0) is 10.5. The van der Waals surface area contributed by atoms with Gasteiger partial charge >= 0.3 is 0 Å². The topological polar surface area (TPSA) is 38.1 Å². The highest BCUT2D eigenvalue weighted by Gasteiger charge is 2.17. The van der Waals surface area contributed by atoms with Gasteiger partial charge in [-0.25, -0.2) is 0 Å². The van der Waals surface area contributed by atoms with Crippen LogP contribution in [0.4, 0.5) is 0 Å². The van der Waals surface area contributed by atoms with Crippen molar-refractivity contribution < 1.29 is 4.52 Å². The molecule has 15 heavy (non-hydrogen) atoms. The maximum atomic E-state index is 5.31. The molecule has 1 aliphatic heterocycles. The third kappa shape index (κ3) is 2.81. The summed E-state index contributed by atoms with van der Waals surface area (Å²) < 4.78 is 5.31. The Bertz CT molecular complexity index is 288. The SMILES string of the molecule is CCCc1cc([C@H]2CCCCCN2)no1. The molecular weight excluding hydrogens is 188 g/mol. The Morgan fingerprint density at radius 2 is 2.40 bits per heavy atom. The van der Waals surface area contributed by atoms with E-state index in [1.807, 2.05) is 0 Å². The fraction of sp³-hybridized carbons (Fsp3) is 0.750. The van der Waals surface area contributed by atoms with Crippen molar-refractivity contribution in [1.82, 2.24) is 10.5 Å². The summed E-state index contributed by atoms with van der Waals surface area (Å²) in [5.41, 5.74) is 1.10. The third-order valence-corrected chi connectivity index (χ3v) is 2.99. The summed E-state index contributed by atoms with van der Waals surface area (Å²) >= 11 is 0. The molecule has 0 aliphatic carbocycles. The van der Waals surface area contributed by atoms with Crippen molar-refractivity contribution in [2.45, 2.75) is 51.5 Å². The number of nitrogens with zero attached hydrogens (tertiary/aromatic N) is 1. The Morgan fingerprint density at radius 1 is 1.47 bits per heavy atom. The third-order valence-electron chi connectivity index (χ3n) is 2.99. The van der Waals surface area contributed by atoms with E-state index in [4.69, 9.17) is 4.52 Å². The van der Waals surface area contributed by atoms with Crippen LogP contribution in [0.15, 0.2) is 10.6 Å². The molecule has 0 aromatic carbocycles. The number of hydrogen-bond donors (Lipinski definition) is 1. The van der Waals surface area contributed by atoms with Crippen LogP contribution in [0.5, 0.6) is 0 Å². The van der Waals surface area contributed by atoms with Crippen molar-refractivity contribution in [1.29, 1.82) is 0 Å². The Kier molecular flexibility index (Phi) is 3.78. The van der Waals surface area contributed by atoms with E-state index in [1.165, 1.54) is 25.7 Å². The average molecular weight is 208 g/mol. The summed E-state index contributed by atoms with van der Waals surface area (Å²) in [6, 6.07) is 2.54. The Balaban J connectivity index is 2.00. The predicted octanol–water partition coefficient (Wildman–Crippen LogP) is 2.83. The fourth-order valence-corrected chi connectivity index (χ4v) is 2.14. The van der Waals surface area contributed by atoms with Crippen LogP contribution in [0.3, 0.4) is 0 Å². The van der Waals surface area contributed by atoms with Crippen LogP contribution in [0.2, 0.25) is 0 Å². The lowest BCUT2D eigenvalue weighted by Gasteiger charge is -2.11. The van der Waals surface area contributed by atoms with Gasteiger partial charge < -0.3 is 9.84 Å². The highest BCUT2D eigenvalue weighted by atomic mass is 16.5. The van der Waals surface area contributed by atoms with E-state index in [2.05, 4.69) is 23.5 Å². The van der Waals surface area contributed by atoms with Crippen LogP contribution < -0.4 is 5.32 Å². The number of nitrogens with one attached hydrogen (secondary N) is 1. The van der Waals surface area contributed by atoms with Crippen molar-refractivity contribution in [2.24, 2.45) is 0 Å². The molecule has 1 N–H and O–H groups in total. The van der Waals surface area contributed by atoms with Gasteiger partial charge in [0.1, 0.15) is 11.5 Å². The van der Waals surface area contributed by atoms with Gasteiger partial charge in [-0.1, -0.05) is 24.9 Å². The number of aromatic nitrogens is 1. The molecule has 0 saturated carbocycles. The maximum absolute atomic E-state index is 5.31. The lowest BCUT2D eigenvalue weighted by atomic mass is 10.1. The first kappa shape index (κ1) is 10.7. The van der Waals surface area contributed by atoms with Crippen LogP contribution in [0, 0.1) is 0 Å². The molecule has 3 heteroatoms. The van der Waals surface area contributed by atoms with E-state index in [1.54, 1.807) is 0 Å². The van der Waals surface area contributed by atoms with Gasteiger partial charge in [-0.2, -0.15) is 0 Å². The molecule has 1 saturated heterocycles. The van der Waals surface area contributed by atoms with Crippen LogP contribution in [-0.4, -0.2) is 11.7 Å². The summed E-state index contributed by atoms with van der Waals surface area (Å²) in [7, 11) is 0.